The maximum Gasteiger partial charge on any atom is 0.191 e. The first-order valence-corrected chi connectivity index (χ1v) is 9.93. The van der Waals surface area contributed by atoms with Crippen LogP contribution in [0.3, 0.4) is 0 Å². The first kappa shape index (κ1) is 22.3. The third kappa shape index (κ3) is 9.66. The van der Waals surface area contributed by atoms with E-state index in [2.05, 4.69) is 55.5 Å². The molecule has 0 saturated heterocycles. The van der Waals surface area contributed by atoms with Crippen molar-refractivity contribution in [2.75, 3.05) is 26.3 Å². The highest BCUT2D eigenvalue weighted by Gasteiger charge is 2.08. The van der Waals surface area contributed by atoms with Crippen LogP contribution in [0.5, 0.6) is 5.75 Å². The molecule has 1 rings (SSSR count). The number of rotatable bonds is 12. The van der Waals surface area contributed by atoms with Crippen molar-refractivity contribution < 1.29 is 9.84 Å². The molecule has 0 saturated carbocycles. The molecular formula is C21H37N3O2. The Bertz CT molecular complexity index is 494. The van der Waals surface area contributed by atoms with Crippen LogP contribution >= 0.6 is 0 Å². The van der Waals surface area contributed by atoms with Crippen molar-refractivity contribution in [3.05, 3.63) is 29.8 Å². The Kier molecular flexibility index (Phi) is 11.5. The molecule has 1 unspecified atom stereocenters. The van der Waals surface area contributed by atoms with E-state index < -0.39 is 0 Å². The van der Waals surface area contributed by atoms with Crippen LogP contribution in [0.2, 0.25) is 0 Å². The van der Waals surface area contributed by atoms with E-state index in [1.54, 1.807) is 0 Å². The molecule has 5 nitrogen and oxygen atoms in total. The van der Waals surface area contributed by atoms with Gasteiger partial charge in [0.2, 0.25) is 0 Å². The second kappa shape index (κ2) is 13.5. The lowest BCUT2D eigenvalue weighted by molar-refractivity contribution is 0.251. The lowest BCUT2D eigenvalue weighted by atomic mass is 10.0. The first-order chi connectivity index (χ1) is 12.6. The van der Waals surface area contributed by atoms with E-state index in [4.69, 9.17) is 4.74 Å². The van der Waals surface area contributed by atoms with Gasteiger partial charge in [-0.25, -0.2) is 4.99 Å². The number of hydrogen-bond donors (Lipinski definition) is 3. The summed E-state index contributed by atoms with van der Waals surface area (Å²) in [4.78, 5) is 4.67. The number of nitrogens with one attached hydrogen (secondary N) is 2. The van der Waals surface area contributed by atoms with Gasteiger partial charge in [-0.15, -0.1) is 0 Å². The number of aliphatic hydroxyl groups excluding tert-OH is 1. The predicted octanol–water partition coefficient (Wildman–Crippen LogP) is 3.58. The highest BCUT2D eigenvalue weighted by atomic mass is 16.5. The minimum atomic E-state index is 0.241. The first-order valence-electron chi connectivity index (χ1n) is 9.93. The van der Waals surface area contributed by atoms with E-state index in [0.29, 0.717) is 18.4 Å². The van der Waals surface area contributed by atoms with Crippen LogP contribution in [0, 0.1) is 11.8 Å². The average Bonchev–Trinajstić information content (AvgIpc) is 2.63. The van der Waals surface area contributed by atoms with Gasteiger partial charge in [0.15, 0.2) is 5.96 Å². The second-order valence-electron chi connectivity index (χ2n) is 7.09. The third-order valence-electron chi connectivity index (χ3n) is 4.06. The fraction of sp³-hybridized carbons (Fsp3) is 0.667. The van der Waals surface area contributed by atoms with E-state index in [0.717, 1.165) is 56.2 Å². The molecule has 0 amide bonds. The van der Waals surface area contributed by atoms with Gasteiger partial charge in [0.1, 0.15) is 5.75 Å². The summed E-state index contributed by atoms with van der Waals surface area (Å²) in [7, 11) is 0. The quantitative estimate of drug-likeness (QED) is 0.392. The Labute approximate surface area is 159 Å². The maximum absolute atomic E-state index is 9.19. The molecule has 0 heterocycles. The average molecular weight is 364 g/mol. The van der Waals surface area contributed by atoms with Crippen molar-refractivity contribution in [3.8, 4) is 5.75 Å². The van der Waals surface area contributed by atoms with Gasteiger partial charge in [-0.1, -0.05) is 39.3 Å². The van der Waals surface area contributed by atoms with Crippen LogP contribution in [0.1, 0.15) is 52.5 Å². The van der Waals surface area contributed by atoms with Crippen molar-refractivity contribution in [1.82, 2.24) is 10.6 Å². The monoisotopic (exact) mass is 363 g/mol. The zero-order valence-electron chi connectivity index (χ0n) is 16.9. The van der Waals surface area contributed by atoms with Gasteiger partial charge in [-0.2, -0.15) is 0 Å². The molecule has 5 heteroatoms. The summed E-state index contributed by atoms with van der Waals surface area (Å²) < 4.78 is 5.72. The van der Waals surface area contributed by atoms with Crippen molar-refractivity contribution in [2.24, 2.45) is 16.8 Å². The number of nitrogens with zero attached hydrogens (tertiary/aromatic N) is 1. The summed E-state index contributed by atoms with van der Waals surface area (Å²) in [5, 5.41) is 15.9. The van der Waals surface area contributed by atoms with Gasteiger partial charge >= 0.3 is 0 Å². The van der Waals surface area contributed by atoms with Crippen molar-refractivity contribution in [3.63, 3.8) is 0 Å². The van der Waals surface area contributed by atoms with Crippen molar-refractivity contribution >= 4 is 5.96 Å². The molecule has 26 heavy (non-hydrogen) atoms. The molecule has 1 aromatic rings. The lowest BCUT2D eigenvalue weighted by Crippen LogP contribution is -2.40. The molecule has 0 aromatic heterocycles. The van der Waals surface area contributed by atoms with Gasteiger partial charge in [0.05, 0.1) is 13.2 Å². The second-order valence-corrected chi connectivity index (χ2v) is 7.09. The number of hydrogen-bond acceptors (Lipinski definition) is 3. The van der Waals surface area contributed by atoms with Crippen LogP contribution in [0.25, 0.3) is 0 Å². The van der Waals surface area contributed by atoms with Crippen molar-refractivity contribution in [2.45, 2.75) is 53.5 Å². The highest BCUT2D eigenvalue weighted by molar-refractivity contribution is 5.79. The maximum atomic E-state index is 9.19. The molecule has 0 spiro atoms. The van der Waals surface area contributed by atoms with Crippen LogP contribution in [0.4, 0.5) is 0 Å². The summed E-state index contributed by atoms with van der Waals surface area (Å²) >= 11 is 0. The van der Waals surface area contributed by atoms with Crippen molar-refractivity contribution in [1.29, 1.82) is 0 Å². The van der Waals surface area contributed by atoms with Gasteiger partial charge < -0.3 is 20.5 Å². The Hall–Kier alpha value is -1.75. The van der Waals surface area contributed by atoms with E-state index >= 15 is 0 Å². The zero-order valence-corrected chi connectivity index (χ0v) is 16.9. The molecule has 148 valence electrons. The Balaban J connectivity index is 2.56. The number of aliphatic imine (C=N–C) groups is 1. The molecule has 1 aromatic carbocycles. The molecule has 0 aliphatic rings. The Morgan fingerprint density at radius 2 is 1.85 bits per heavy atom. The van der Waals surface area contributed by atoms with Gasteiger partial charge in [-0.05, 0) is 49.3 Å². The van der Waals surface area contributed by atoms with E-state index in [-0.39, 0.29) is 6.61 Å². The normalized spacial score (nSPS) is 12.9. The minimum Gasteiger partial charge on any atom is -0.493 e. The molecule has 0 aliphatic carbocycles. The number of aliphatic hydroxyl groups is 1. The molecule has 1 atom stereocenters. The van der Waals surface area contributed by atoms with Gasteiger partial charge in [0, 0.05) is 19.7 Å². The molecule has 0 bridgehead atoms. The van der Waals surface area contributed by atoms with E-state index in [1.807, 2.05) is 12.1 Å². The van der Waals surface area contributed by atoms with Crippen LogP contribution in [0.15, 0.2) is 29.3 Å². The fourth-order valence-electron chi connectivity index (χ4n) is 2.65. The summed E-state index contributed by atoms with van der Waals surface area (Å²) in [6.07, 6.45) is 3.08. The summed E-state index contributed by atoms with van der Waals surface area (Å²) in [5.41, 5.74) is 1.15. The largest absolute Gasteiger partial charge is 0.493 e. The molecule has 3 N–H and O–H groups in total. The summed E-state index contributed by atoms with van der Waals surface area (Å²) in [6, 6.07) is 8.14. The number of guanidine groups is 1. The topological polar surface area (TPSA) is 65.9 Å². The third-order valence-corrected chi connectivity index (χ3v) is 4.06. The molecule has 0 aliphatic heterocycles. The zero-order chi connectivity index (χ0) is 19.2. The van der Waals surface area contributed by atoms with Crippen LogP contribution in [-0.4, -0.2) is 37.4 Å². The summed E-state index contributed by atoms with van der Waals surface area (Å²) in [5.74, 6) is 2.73. The Morgan fingerprint density at radius 3 is 2.42 bits per heavy atom. The van der Waals surface area contributed by atoms with E-state index in [9.17, 15) is 5.11 Å². The minimum absolute atomic E-state index is 0.241. The van der Waals surface area contributed by atoms with Gasteiger partial charge in [-0.3, -0.25) is 0 Å². The predicted molar refractivity (Wildman–Crippen MR) is 110 cm³/mol. The van der Waals surface area contributed by atoms with Gasteiger partial charge in [0.25, 0.3) is 0 Å². The summed E-state index contributed by atoms with van der Waals surface area (Å²) in [6.45, 7) is 11.8. The van der Waals surface area contributed by atoms with Crippen LogP contribution < -0.4 is 15.4 Å². The standard InChI is InChI=1S/C21H37N3O2/c1-5-7-18(12-13-25)14-23-21(22-6-2)24-15-19-8-10-20(11-9-19)26-16-17(3)4/h8-11,17-18,25H,5-7,12-16H2,1-4H3,(H2,22,23,24). The smallest absolute Gasteiger partial charge is 0.191 e. The lowest BCUT2D eigenvalue weighted by Gasteiger charge is -2.18. The van der Waals surface area contributed by atoms with Crippen LogP contribution in [-0.2, 0) is 6.54 Å². The van der Waals surface area contributed by atoms with E-state index in [1.165, 1.54) is 0 Å². The Morgan fingerprint density at radius 1 is 1.12 bits per heavy atom. The number of benzene rings is 1. The SMILES string of the molecule is CCCC(CCO)CNC(=NCc1ccc(OCC(C)C)cc1)NCC. The molecule has 0 radical (unpaired) electrons. The molecule has 0 fully saturated rings. The number of ether oxygens (including phenoxy) is 1. The molecular weight excluding hydrogens is 326 g/mol. The fourth-order valence-corrected chi connectivity index (χ4v) is 2.65. The highest BCUT2D eigenvalue weighted by Crippen LogP contribution is 2.14.